The van der Waals surface area contributed by atoms with Gasteiger partial charge in [0.25, 0.3) is 0 Å². The molecule has 0 radical (unpaired) electrons. The molecule has 0 aromatic carbocycles. The van der Waals surface area contributed by atoms with Crippen molar-refractivity contribution in [2.45, 2.75) is 19.3 Å². The van der Waals surface area contributed by atoms with Crippen molar-refractivity contribution in [3.63, 3.8) is 0 Å². The number of hydrogen-bond acceptors (Lipinski definition) is 4. The summed E-state index contributed by atoms with van der Waals surface area (Å²) in [7, 11) is 0. The smallest absolute Gasteiger partial charge is 0.312 e. The molecule has 1 heterocycles. The predicted octanol–water partition coefficient (Wildman–Crippen LogP) is 1.12. The van der Waals surface area contributed by atoms with Gasteiger partial charge in [-0.3, -0.25) is 4.79 Å². The minimum atomic E-state index is -0.833. The van der Waals surface area contributed by atoms with E-state index in [2.05, 4.69) is 9.59 Å². The number of carbonyl (C=O) groups is 1. The first-order chi connectivity index (χ1) is 5.25. The van der Waals surface area contributed by atoms with Gasteiger partial charge in [0.05, 0.1) is 5.69 Å². The summed E-state index contributed by atoms with van der Waals surface area (Å²) in [5.41, 5.74) is 0.560. The van der Waals surface area contributed by atoms with Gasteiger partial charge in [0.15, 0.2) is 0 Å². The van der Waals surface area contributed by atoms with Crippen molar-refractivity contribution in [3.8, 4) is 0 Å². The van der Waals surface area contributed by atoms with Gasteiger partial charge in [-0.15, -0.1) is 5.10 Å². The van der Waals surface area contributed by atoms with Crippen LogP contribution in [0.4, 0.5) is 0 Å². The molecule has 5 heteroatoms. The zero-order chi connectivity index (χ0) is 8.27. The van der Waals surface area contributed by atoms with Crippen LogP contribution in [0.15, 0.2) is 5.38 Å². The normalized spacial score (nSPS) is 12.8. The van der Waals surface area contributed by atoms with Gasteiger partial charge >= 0.3 is 5.97 Å². The van der Waals surface area contributed by atoms with E-state index in [9.17, 15) is 4.79 Å². The fourth-order valence-electron chi connectivity index (χ4n) is 0.834. The van der Waals surface area contributed by atoms with E-state index in [0.29, 0.717) is 12.1 Å². The molecule has 0 amide bonds. The molecule has 0 aliphatic carbocycles. The summed E-state index contributed by atoms with van der Waals surface area (Å²) >= 11 is 1.18. The van der Waals surface area contributed by atoms with E-state index in [0.717, 1.165) is 0 Å². The van der Waals surface area contributed by atoms with Gasteiger partial charge in [0.1, 0.15) is 5.92 Å². The molecule has 0 saturated heterocycles. The molecule has 0 spiro atoms. The van der Waals surface area contributed by atoms with Crippen LogP contribution < -0.4 is 0 Å². The largest absolute Gasteiger partial charge is 0.481 e. The van der Waals surface area contributed by atoms with Crippen LogP contribution in [0.5, 0.6) is 0 Å². The monoisotopic (exact) mass is 172 g/mol. The second kappa shape index (κ2) is 3.43. The molecule has 1 aromatic heterocycles. The highest BCUT2D eigenvalue weighted by atomic mass is 32.1. The molecular weight excluding hydrogens is 164 g/mol. The van der Waals surface area contributed by atoms with E-state index < -0.39 is 11.9 Å². The summed E-state index contributed by atoms with van der Waals surface area (Å²) in [6.07, 6.45) is 0.556. The van der Waals surface area contributed by atoms with E-state index in [1.165, 1.54) is 11.5 Å². The molecule has 0 aliphatic rings. The number of carboxylic acid groups (broad SMARTS) is 1. The Morgan fingerprint density at radius 3 is 3.00 bits per heavy atom. The van der Waals surface area contributed by atoms with Crippen LogP contribution >= 0.6 is 11.5 Å². The Labute approximate surface area is 68.0 Å². The van der Waals surface area contributed by atoms with Crippen molar-refractivity contribution < 1.29 is 9.90 Å². The maximum absolute atomic E-state index is 10.6. The molecule has 0 fully saturated rings. The van der Waals surface area contributed by atoms with Crippen LogP contribution in [-0.2, 0) is 4.79 Å². The lowest BCUT2D eigenvalue weighted by Gasteiger charge is -2.03. The van der Waals surface area contributed by atoms with Gasteiger partial charge in [-0.1, -0.05) is 11.4 Å². The average Bonchev–Trinajstić information content (AvgIpc) is 2.40. The highest BCUT2D eigenvalue weighted by molar-refractivity contribution is 7.03. The Morgan fingerprint density at radius 1 is 1.91 bits per heavy atom. The lowest BCUT2D eigenvalue weighted by atomic mass is 10.0. The van der Waals surface area contributed by atoms with Crippen LogP contribution in [-0.4, -0.2) is 20.7 Å². The number of nitrogens with zero attached hydrogens (tertiary/aromatic N) is 2. The standard InChI is InChI=1S/C6H8N2O2S/c1-2-4(6(9)10)5-3-11-8-7-5/h3-4H,2H2,1H3,(H,9,10). The van der Waals surface area contributed by atoms with Gasteiger partial charge in [0.2, 0.25) is 0 Å². The van der Waals surface area contributed by atoms with Crippen molar-refractivity contribution in [2.75, 3.05) is 0 Å². The molecule has 4 nitrogen and oxygen atoms in total. The van der Waals surface area contributed by atoms with Crippen molar-refractivity contribution >= 4 is 17.5 Å². The van der Waals surface area contributed by atoms with Crippen LogP contribution in [0.1, 0.15) is 25.0 Å². The quantitative estimate of drug-likeness (QED) is 0.742. The summed E-state index contributed by atoms with van der Waals surface area (Å²) < 4.78 is 3.60. The number of carboxylic acids is 1. The van der Waals surface area contributed by atoms with Gasteiger partial charge < -0.3 is 5.11 Å². The lowest BCUT2D eigenvalue weighted by Crippen LogP contribution is -2.10. The molecule has 11 heavy (non-hydrogen) atoms. The summed E-state index contributed by atoms with van der Waals surface area (Å²) in [4.78, 5) is 10.6. The van der Waals surface area contributed by atoms with E-state index >= 15 is 0 Å². The Morgan fingerprint density at radius 2 is 2.64 bits per heavy atom. The SMILES string of the molecule is CCC(C(=O)O)c1csnn1. The second-order valence-electron chi connectivity index (χ2n) is 2.13. The van der Waals surface area contributed by atoms with Gasteiger partial charge in [0, 0.05) is 5.38 Å². The first kappa shape index (κ1) is 8.13. The van der Waals surface area contributed by atoms with Crippen molar-refractivity contribution in [1.82, 2.24) is 9.59 Å². The number of hydrogen-bond donors (Lipinski definition) is 1. The molecule has 1 rings (SSSR count). The fraction of sp³-hybridized carbons (Fsp3) is 0.500. The summed E-state index contributed by atoms with van der Waals surface area (Å²) in [5, 5.41) is 14.0. The molecule has 1 N–H and O–H groups in total. The van der Waals surface area contributed by atoms with Crippen LogP contribution in [0.25, 0.3) is 0 Å². The predicted molar refractivity (Wildman–Crippen MR) is 40.6 cm³/mol. The molecular formula is C6H8N2O2S. The Kier molecular flexibility index (Phi) is 2.53. The maximum atomic E-state index is 10.6. The van der Waals surface area contributed by atoms with Crippen LogP contribution in [0, 0.1) is 0 Å². The number of aromatic nitrogens is 2. The first-order valence-corrected chi connectivity index (χ1v) is 4.09. The molecule has 0 aliphatic heterocycles. The third kappa shape index (κ3) is 1.74. The van der Waals surface area contributed by atoms with Crippen molar-refractivity contribution in [3.05, 3.63) is 11.1 Å². The number of aliphatic carboxylic acids is 1. The third-order valence-electron chi connectivity index (χ3n) is 1.44. The van der Waals surface area contributed by atoms with E-state index in [4.69, 9.17) is 5.11 Å². The summed E-state index contributed by atoms with van der Waals surface area (Å²) in [5.74, 6) is -1.33. The molecule has 0 saturated carbocycles. The molecule has 0 bridgehead atoms. The average molecular weight is 172 g/mol. The van der Waals surface area contributed by atoms with Crippen LogP contribution in [0.3, 0.4) is 0 Å². The fourth-order valence-corrected chi connectivity index (χ4v) is 1.34. The first-order valence-electron chi connectivity index (χ1n) is 3.25. The van der Waals surface area contributed by atoms with Crippen molar-refractivity contribution in [1.29, 1.82) is 0 Å². The summed E-state index contributed by atoms with van der Waals surface area (Å²) in [6, 6.07) is 0. The maximum Gasteiger partial charge on any atom is 0.312 e. The van der Waals surface area contributed by atoms with E-state index in [-0.39, 0.29) is 0 Å². The van der Waals surface area contributed by atoms with Crippen LogP contribution in [0.2, 0.25) is 0 Å². The third-order valence-corrected chi connectivity index (χ3v) is 1.96. The zero-order valence-electron chi connectivity index (χ0n) is 6.02. The minimum Gasteiger partial charge on any atom is -0.481 e. The molecule has 1 aromatic rings. The highest BCUT2D eigenvalue weighted by Gasteiger charge is 2.19. The van der Waals surface area contributed by atoms with E-state index in [1.807, 2.05) is 6.92 Å². The lowest BCUT2D eigenvalue weighted by molar-refractivity contribution is -0.138. The Bertz CT molecular complexity index is 235. The number of rotatable bonds is 3. The zero-order valence-corrected chi connectivity index (χ0v) is 6.84. The molecule has 60 valence electrons. The summed E-state index contributed by atoms with van der Waals surface area (Å²) in [6.45, 7) is 1.82. The van der Waals surface area contributed by atoms with Gasteiger partial charge in [-0.05, 0) is 18.0 Å². The second-order valence-corrected chi connectivity index (χ2v) is 2.74. The van der Waals surface area contributed by atoms with E-state index in [1.54, 1.807) is 5.38 Å². The van der Waals surface area contributed by atoms with Gasteiger partial charge in [-0.2, -0.15) is 0 Å². The topological polar surface area (TPSA) is 63.1 Å². The van der Waals surface area contributed by atoms with Crippen molar-refractivity contribution in [2.24, 2.45) is 0 Å². The molecule has 1 unspecified atom stereocenters. The Hall–Kier alpha value is -0.970. The Balaban J connectivity index is 2.79. The highest BCUT2D eigenvalue weighted by Crippen LogP contribution is 2.17. The molecule has 1 atom stereocenters. The van der Waals surface area contributed by atoms with Gasteiger partial charge in [-0.25, -0.2) is 0 Å². The minimum absolute atomic E-state index is 0.492.